The van der Waals surface area contributed by atoms with Crippen LogP contribution in [0.4, 0.5) is 5.69 Å². The van der Waals surface area contributed by atoms with Gasteiger partial charge >= 0.3 is 0 Å². The van der Waals surface area contributed by atoms with Gasteiger partial charge in [0.05, 0.1) is 10.6 Å². The van der Waals surface area contributed by atoms with Gasteiger partial charge < -0.3 is 10.6 Å². The van der Waals surface area contributed by atoms with Gasteiger partial charge in [-0.2, -0.15) is 0 Å². The van der Waals surface area contributed by atoms with Crippen LogP contribution in [-0.4, -0.2) is 17.9 Å². The van der Waals surface area contributed by atoms with Gasteiger partial charge in [-0.15, -0.1) is 11.3 Å². The highest BCUT2D eigenvalue weighted by Gasteiger charge is 2.24. The Morgan fingerprint density at radius 3 is 2.79 bits per heavy atom. The van der Waals surface area contributed by atoms with Crippen molar-refractivity contribution in [3.63, 3.8) is 0 Å². The second-order valence-electron chi connectivity index (χ2n) is 5.92. The molecule has 0 aliphatic heterocycles. The normalized spacial score (nSPS) is 13.5. The molecule has 1 aliphatic rings. The van der Waals surface area contributed by atoms with Crippen LogP contribution in [0, 0.1) is 0 Å². The molecule has 1 aromatic heterocycles. The Kier molecular flexibility index (Phi) is 5.53. The second kappa shape index (κ2) is 7.81. The first kappa shape index (κ1) is 17.0. The minimum Gasteiger partial charge on any atom is -0.349 e. The molecule has 6 heteroatoms. The third kappa shape index (κ3) is 4.82. The molecule has 2 aromatic rings. The van der Waals surface area contributed by atoms with Crippen LogP contribution in [0.5, 0.6) is 0 Å². The van der Waals surface area contributed by atoms with Crippen LogP contribution >= 0.6 is 22.9 Å². The molecular weight excluding hydrogens is 344 g/mol. The van der Waals surface area contributed by atoms with Crippen molar-refractivity contribution in [1.29, 1.82) is 0 Å². The number of carbonyl (C=O) groups excluding carboxylic acids is 2. The zero-order valence-corrected chi connectivity index (χ0v) is 14.8. The van der Waals surface area contributed by atoms with Crippen molar-refractivity contribution in [3.8, 4) is 0 Å². The molecule has 126 valence electrons. The number of hydrogen-bond acceptors (Lipinski definition) is 3. The summed E-state index contributed by atoms with van der Waals surface area (Å²) in [5.41, 5.74) is 1.00. The fourth-order valence-corrected chi connectivity index (χ4v) is 3.32. The first-order chi connectivity index (χ1) is 11.6. The maximum Gasteiger partial charge on any atom is 0.253 e. The van der Waals surface area contributed by atoms with Crippen molar-refractivity contribution in [2.45, 2.75) is 38.1 Å². The van der Waals surface area contributed by atoms with Crippen LogP contribution in [0.2, 0.25) is 5.02 Å². The van der Waals surface area contributed by atoms with Gasteiger partial charge in [0.15, 0.2) is 0 Å². The number of carbonyl (C=O) groups is 2. The highest BCUT2D eigenvalue weighted by Crippen LogP contribution is 2.24. The molecule has 2 amide bonds. The van der Waals surface area contributed by atoms with E-state index in [4.69, 9.17) is 11.6 Å². The van der Waals surface area contributed by atoms with Crippen molar-refractivity contribution in [1.82, 2.24) is 5.32 Å². The number of aryl methyl sites for hydroxylation is 1. The Balaban J connectivity index is 1.53. The number of amides is 2. The average Bonchev–Trinajstić information content (AvgIpc) is 3.21. The molecule has 1 heterocycles. The van der Waals surface area contributed by atoms with E-state index in [0.717, 1.165) is 25.7 Å². The van der Waals surface area contributed by atoms with E-state index < -0.39 is 0 Å². The summed E-state index contributed by atoms with van der Waals surface area (Å²) in [5, 5.41) is 8.18. The van der Waals surface area contributed by atoms with E-state index in [9.17, 15) is 9.59 Å². The molecule has 4 nitrogen and oxygen atoms in total. The topological polar surface area (TPSA) is 58.2 Å². The summed E-state index contributed by atoms with van der Waals surface area (Å²) in [5.74, 6) is -0.237. The Labute approximate surface area is 150 Å². The molecule has 1 fully saturated rings. The summed E-state index contributed by atoms with van der Waals surface area (Å²) >= 11 is 7.80. The zero-order valence-electron chi connectivity index (χ0n) is 13.2. The highest BCUT2D eigenvalue weighted by molar-refractivity contribution is 7.09. The molecule has 1 saturated carbocycles. The van der Waals surface area contributed by atoms with Gasteiger partial charge in [-0.1, -0.05) is 17.7 Å². The van der Waals surface area contributed by atoms with Crippen molar-refractivity contribution < 1.29 is 9.59 Å². The van der Waals surface area contributed by atoms with E-state index >= 15 is 0 Å². The van der Waals surface area contributed by atoms with Gasteiger partial charge in [0.25, 0.3) is 5.91 Å². The summed E-state index contributed by atoms with van der Waals surface area (Å²) in [4.78, 5) is 25.5. The van der Waals surface area contributed by atoms with E-state index in [2.05, 4.69) is 16.7 Å². The largest absolute Gasteiger partial charge is 0.349 e. The predicted octanol–water partition coefficient (Wildman–Crippen LogP) is 4.26. The second-order valence-corrected chi connectivity index (χ2v) is 7.36. The van der Waals surface area contributed by atoms with Crippen molar-refractivity contribution >= 4 is 40.4 Å². The van der Waals surface area contributed by atoms with Crippen LogP contribution in [-0.2, 0) is 11.2 Å². The van der Waals surface area contributed by atoms with E-state index in [-0.39, 0.29) is 17.9 Å². The number of thiophene rings is 1. The number of benzene rings is 1. The van der Waals surface area contributed by atoms with Crippen LogP contribution in [0.25, 0.3) is 0 Å². The van der Waals surface area contributed by atoms with Crippen LogP contribution in [0.3, 0.4) is 0 Å². The molecule has 2 N–H and O–H groups in total. The third-order valence-electron chi connectivity index (χ3n) is 3.81. The Bertz CT molecular complexity index is 727. The fraction of sp³-hybridized carbons (Fsp3) is 0.333. The summed E-state index contributed by atoms with van der Waals surface area (Å²) in [6.07, 6.45) is 4.19. The van der Waals surface area contributed by atoms with Crippen LogP contribution < -0.4 is 10.6 Å². The molecule has 0 saturated heterocycles. The fourth-order valence-electron chi connectivity index (χ4n) is 2.37. The monoisotopic (exact) mass is 362 g/mol. The molecule has 0 atom stereocenters. The summed E-state index contributed by atoms with van der Waals surface area (Å²) in [6.45, 7) is 0. The molecule has 1 aromatic carbocycles. The molecule has 0 spiro atoms. The van der Waals surface area contributed by atoms with Gasteiger partial charge in [0.1, 0.15) is 0 Å². The third-order valence-corrected chi connectivity index (χ3v) is 5.08. The van der Waals surface area contributed by atoms with E-state index in [0.29, 0.717) is 22.7 Å². The van der Waals surface area contributed by atoms with Gasteiger partial charge in [-0.05, 0) is 55.3 Å². The summed E-state index contributed by atoms with van der Waals surface area (Å²) in [6, 6.07) is 9.35. The number of halogens is 1. The lowest BCUT2D eigenvalue weighted by Gasteiger charge is -2.09. The summed E-state index contributed by atoms with van der Waals surface area (Å²) in [7, 11) is 0. The summed E-state index contributed by atoms with van der Waals surface area (Å²) < 4.78 is 0. The first-order valence-electron chi connectivity index (χ1n) is 8.04. The maximum atomic E-state index is 12.2. The van der Waals surface area contributed by atoms with Crippen molar-refractivity contribution in [2.75, 3.05) is 5.32 Å². The molecule has 0 unspecified atom stereocenters. The lowest BCUT2D eigenvalue weighted by molar-refractivity contribution is -0.116. The molecule has 24 heavy (non-hydrogen) atoms. The van der Waals surface area contributed by atoms with Crippen molar-refractivity contribution in [3.05, 3.63) is 51.2 Å². The number of hydrogen-bond donors (Lipinski definition) is 2. The van der Waals surface area contributed by atoms with Crippen LogP contribution in [0.1, 0.15) is 40.9 Å². The Morgan fingerprint density at radius 1 is 1.25 bits per heavy atom. The minimum absolute atomic E-state index is 0.0533. The van der Waals surface area contributed by atoms with E-state index in [1.54, 1.807) is 29.5 Å². The van der Waals surface area contributed by atoms with Gasteiger partial charge in [-0.3, -0.25) is 9.59 Å². The van der Waals surface area contributed by atoms with Gasteiger partial charge in [0.2, 0.25) is 5.91 Å². The lowest BCUT2D eigenvalue weighted by Crippen LogP contribution is -2.25. The first-order valence-corrected chi connectivity index (χ1v) is 9.30. The lowest BCUT2D eigenvalue weighted by atomic mass is 10.1. The molecule has 0 radical (unpaired) electrons. The van der Waals surface area contributed by atoms with Crippen LogP contribution in [0.15, 0.2) is 35.7 Å². The van der Waals surface area contributed by atoms with Gasteiger partial charge in [0, 0.05) is 23.0 Å². The smallest absolute Gasteiger partial charge is 0.253 e. The quantitative estimate of drug-likeness (QED) is 0.773. The average molecular weight is 363 g/mol. The number of anilines is 1. The molecule has 1 aliphatic carbocycles. The number of rotatable bonds is 7. The maximum absolute atomic E-state index is 12.2. The Hall–Kier alpha value is -1.85. The highest BCUT2D eigenvalue weighted by atomic mass is 35.5. The molecule has 3 rings (SSSR count). The van der Waals surface area contributed by atoms with E-state index in [1.165, 1.54) is 4.88 Å². The zero-order chi connectivity index (χ0) is 16.9. The van der Waals surface area contributed by atoms with Crippen molar-refractivity contribution in [2.24, 2.45) is 0 Å². The SMILES string of the molecule is O=C(CCCc1cccs1)Nc1ccc(Cl)c(C(=O)NC2CC2)c1. The van der Waals surface area contributed by atoms with Gasteiger partial charge in [-0.25, -0.2) is 0 Å². The molecular formula is C18H19ClN2O2S. The molecule has 0 bridgehead atoms. The van der Waals surface area contributed by atoms with E-state index in [1.807, 2.05) is 11.4 Å². The predicted molar refractivity (Wildman–Crippen MR) is 97.8 cm³/mol. The minimum atomic E-state index is -0.184. The Morgan fingerprint density at radius 2 is 2.08 bits per heavy atom. The number of nitrogens with one attached hydrogen (secondary N) is 2. The standard InChI is InChI=1S/C18H19ClN2O2S/c19-16-9-8-13(11-15(16)18(23)21-12-6-7-12)20-17(22)5-1-3-14-4-2-10-24-14/h2,4,8-12H,1,3,5-7H2,(H,20,22)(H,21,23).